The van der Waals surface area contributed by atoms with Crippen molar-refractivity contribution in [3.63, 3.8) is 0 Å². The zero-order valence-electron chi connectivity index (χ0n) is 17.5. The smallest absolute Gasteiger partial charge is 0.227 e. The number of likely N-dealkylation sites (tertiary alicyclic amines) is 2. The normalized spacial score (nSPS) is 27.1. The van der Waals surface area contributed by atoms with Crippen LogP contribution in [0.5, 0.6) is 0 Å². The molecule has 3 aliphatic rings. The maximum absolute atomic E-state index is 12.8. The van der Waals surface area contributed by atoms with Crippen LogP contribution in [0.3, 0.4) is 0 Å². The van der Waals surface area contributed by atoms with E-state index < -0.39 is 0 Å². The standard InChI is InChI=1S/C23H32ClN3O2/c1-3-6-16(2)27-14-18-19(15-27)23(25-22(18)29)9-11-26(12-10-23)21(28)13-17-7-4-5-8-20(17)24/h4-5,7-8,16,18-19H,3,6,9-15H2,1-2H3,(H,25,29)/t16-,18+,19-/m0/s1. The topological polar surface area (TPSA) is 52.7 Å². The number of rotatable bonds is 5. The number of carbonyl (C=O) groups excluding carboxylic acids is 2. The van der Waals surface area contributed by atoms with Crippen LogP contribution in [0.15, 0.2) is 24.3 Å². The van der Waals surface area contributed by atoms with Crippen LogP contribution in [0.2, 0.25) is 5.02 Å². The van der Waals surface area contributed by atoms with Gasteiger partial charge in [-0.25, -0.2) is 0 Å². The largest absolute Gasteiger partial charge is 0.350 e. The summed E-state index contributed by atoms with van der Waals surface area (Å²) in [6, 6.07) is 8.08. The van der Waals surface area contributed by atoms with Gasteiger partial charge in [-0.15, -0.1) is 0 Å². The summed E-state index contributed by atoms with van der Waals surface area (Å²) in [4.78, 5) is 30.0. The maximum Gasteiger partial charge on any atom is 0.227 e. The molecule has 158 valence electrons. The quantitative estimate of drug-likeness (QED) is 0.800. The van der Waals surface area contributed by atoms with Gasteiger partial charge in [0.25, 0.3) is 0 Å². The third kappa shape index (κ3) is 3.91. The Kier molecular flexibility index (Phi) is 5.90. The lowest BCUT2D eigenvalue weighted by Gasteiger charge is -2.43. The second-order valence-corrected chi connectivity index (χ2v) is 9.51. The van der Waals surface area contributed by atoms with E-state index in [0.29, 0.717) is 36.5 Å². The summed E-state index contributed by atoms with van der Waals surface area (Å²) in [5, 5.41) is 4.00. The molecule has 2 amide bonds. The Bertz CT molecular complexity index is 775. The van der Waals surface area contributed by atoms with Crippen LogP contribution in [0.1, 0.15) is 45.1 Å². The van der Waals surface area contributed by atoms with Gasteiger partial charge < -0.3 is 10.2 Å². The highest BCUT2D eigenvalue weighted by atomic mass is 35.5. The number of benzene rings is 1. The summed E-state index contributed by atoms with van der Waals surface area (Å²) < 4.78 is 0. The molecule has 0 bridgehead atoms. The molecule has 5 nitrogen and oxygen atoms in total. The minimum atomic E-state index is -0.135. The number of nitrogens with zero attached hydrogens (tertiary/aromatic N) is 2. The minimum Gasteiger partial charge on any atom is -0.350 e. The van der Waals surface area contributed by atoms with E-state index in [0.717, 1.165) is 31.5 Å². The molecule has 0 radical (unpaired) electrons. The zero-order valence-corrected chi connectivity index (χ0v) is 18.3. The summed E-state index contributed by atoms with van der Waals surface area (Å²) in [5.41, 5.74) is 0.744. The van der Waals surface area contributed by atoms with Gasteiger partial charge in [-0.2, -0.15) is 0 Å². The average Bonchev–Trinajstić information content (AvgIpc) is 3.25. The molecule has 3 aliphatic heterocycles. The molecular formula is C23H32ClN3O2. The van der Waals surface area contributed by atoms with Gasteiger partial charge in [0.05, 0.1) is 12.3 Å². The van der Waals surface area contributed by atoms with Crippen molar-refractivity contribution in [2.24, 2.45) is 11.8 Å². The van der Waals surface area contributed by atoms with Crippen LogP contribution in [-0.2, 0) is 16.0 Å². The molecule has 1 spiro atoms. The summed E-state index contributed by atoms with van der Waals surface area (Å²) >= 11 is 6.22. The highest BCUT2D eigenvalue weighted by Crippen LogP contribution is 2.44. The van der Waals surface area contributed by atoms with Crippen molar-refractivity contribution in [2.75, 3.05) is 26.2 Å². The Balaban J connectivity index is 1.39. The third-order valence-electron chi connectivity index (χ3n) is 7.40. The number of amides is 2. The van der Waals surface area contributed by atoms with Crippen molar-refractivity contribution in [1.29, 1.82) is 0 Å². The molecule has 0 saturated carbocycles. The average molecular weight is 418 g/mol. The van der Waals surface area contributed by atoms with Crippen molar-refractivity contribution < 1.29 is 9.59 Å². The van der Waals surface area contributed by atoms with Gasteiger partial charge in [0, 0.05) is 48.7 Å². The van der Waals surface area contributed by atoms with Crippen LogP contribution < -0.4 is 5.32 Å². The second kappa shape index (κ2) is 8.27. The van der Waals surface area contributed by atoms with Gasteiger partial charge in [0.15, 0.2) is 0 Å². The Hall–Kier alpha value is -1.59. The van der Waals surface area contributed by atoms with E-state index in [-0.39, 0.29) is 23.3 Å². The van der Waals surface area contributed by atoms with E-state index in [9.17, 15) is 9.59 Å². The van der Waals surface area contributed by atoms with Crippen molar-refractivity contribution in [2.45, 2.75) is 57.5 Å². The molecule has 3 atom stereocenters. The van der Waals surface area contributed by atoms with Crippen LogP contribution in [0.4, 0.5) is 0 Å². The monoisotopic (exact) mass is 417 g/mol. The first-order valence-corrected chi connectivity index (χ1v) is 11.4. The van der Waals surface area contributed by atoms with Gasteiger partial charge >= 0.3 is 0 Å². The third-order valence-corrected chi connectivity index (χ3v) is 7.77. The minimum absolute atomic E-state index is 0.111. The fourth-order valence-corrected chi connectivity index (χ4v) is 5.82. The van der Waals surface area contributed by atoms with E-state index in [1.165, 1.54) is 12.8 Å². The highest BCUT2D eigenvalue weighted by Gasteiger charge is 2.57. The van der Waals surface area contributed by atoms with Crippen LogP contribution in [0, 0.1) is 11.8 Å². The Morgan fingerprint density at radius 3 is 2.69 bits per heavy atom. The lowest BCUT2D eigenvalue weighted by molar-refractivity contribution is -0.132. The number of fused-ring (bicyclic) bond motifs is 2. The van der Waals surface area contributed by atoms with Gasteiger partial charge in [-0.3, -0.25) is 14.5 Å². The fraction of sp³-hybridized carbons (Fsp3) is 0.652. The number of halogens is 1. The highest BCUT2D eigenvalue weighted by molar-refractivity contribution is 6.31. The fourth-order valence-electron chi connectivity index (χ4n) is 5.62. The SMILES string of the molecule is CCC[C@H](C)N1C[C@H]2C(=O)NC3(CCN(C(=O)Cc4ccccc4Cl)CC3)[C@H]2C1. The summed E-state index contributed by atoms with van der Waals surface area (Å²) in [5.74, 6) is 0.824. The molecule has 6 heteroatoms. The number of hydrogen-bond acceptors (Lipinski definition) is 3. The predicted molar refractivity (Wildman–Crippen MR) is 115 cm³/mol. The van der Waals surface area contributed by atoms with Gasteiger partial charge in [-0.1, -0.05) is 43.1 Å². The van der Waals surface area contributed by atoms with Crippen molar-refractivity contribution in [3.8, 4) is 0 Å². The molecule has 3 fully saturated rings. The lowest BCUT2D eigenvalue weighted by atomic mass is 9.75. The van der Waals surface area contributed by atoms with E-state index in [1.807, 2.05) is 29.2 Å². The number of nitrogens with one attached hydrogen (secondary N) is 1. The van der Waals surface area contributed by atoms with Gasteiger partial charge in [-0.05, 0) is 37.8 Å². The number of hydrogen-bond donors (Lipinski definition) is 1. The first kappa shape index (κ1) is 20.7. The molecule has 1 N–H and O–H groups in total. The lowest BCUT2D eigenvalue weighted by Crippen LogP contribution is -2.56. The zero-order chi connectivity index (χ0) is 20.6. The van der Waals surface area contributed by atoms with Gasteiger partial charge in [0.2, 0.25) is 11.8 Å². The molecule has 3 heterocycles. The van der Waals surface area contributed by atoms with Crippen LogP contribution in [0.25, 0.3) is 0 Å². The summed E-state index contributed by atoms with van der Waals surface area (Å²) in [6.07, 6.45) is 4.40. The summed E-state index contributed by atoms with van der Waals surface area (Å²) in [7, 11) is 0. The first-order chi connectivity index (χ1) is 13.9. The Morgan fingerprint density at radius 2 is 2.00 bits per heavy atom. The molecule has 29 heavy (non-hydrogen) atoms. The van der Waals surface area contributed by atoms with Gasteiger partial charge in [0.1, 0.15) is 0 Å². The van der Waals surface area contributed by atoms with Crippen LogP contribution >= 0.6 is 11.6 Å². The van der Waals surface area contributed by atoms with Crippen LogP contribution in [-0.4, -0.2) is 59.4 Å². The molecule has 3 saturated heterocycles. The van der Waals surface area contributed by atoms with E-state index in [1.54, 1.807) is 0 Å². The molecule has 0 aliphatic carbocycles. The van der Waals surface area contributed by atoms with Crippen molar-refractivity contribution in [1.82, 2.24) is 15.1 Å². The second-order valence-electron chi connectivity index (χ2n) is 9.10. The van der Waals surface area contributed by atoms with Crippen molar-refractivity contribution >= 4 is 23.4 Å². The Morgan fingerprint density at radius 1 is 1.28 bits per heavy atom. The molecule has 0 aromatic heterocycles. The molecule has 0 unspecified atom stereocenters. The predicted octanol–water partition coefficient (Wildman–Crippen LogP) is 3.11. The van der Waals surface area contributed by atoms with E-state index in [2.05, 4.69) is 24.1 Å². The number of piperidine rings is 1. The number of carbonyl (C=O) groups is 2. The van der Waals surface area contributed by atoms with E-state index in [4.69, 9.17) is 11.6 Å². The molecular weight excluding hydrogens is 386 g/mol. The molecule has 1 aromatic carbocycles. The maximum atomic E-state index is 12.8. The van der Waals surface area contributed by atoms with E-state index >= 15 is 0 Å². The first-order valence-electron chi connectivity index (χ1n) is 11.0. The molecule has 4 rings (SSSR count). The van der Waals surface area contributed by atoms with Crippen molar-refractivity contribution in [3.05, 3.63) is 34.9 Å². The Labute approximate surface area is 178 Å². The summed E-state index contributed by atoms with van der Waals surface area (Å²) in [6.45, 7) is 7.80. The molecule has 1 aromatic rings.